The Morgan fingerprint density at radius 2 is 2.21 bits per heavy atom. The third kappa shape index (κ3) is 3.44. The Morgan fingerprint density at radius 3 is 2.89 bits per heavy atom. The van der Waals surface area contributed by atoms with Gasteiger partial charge in [0, 0.05) is 17.1 Å². The molecule has 0 saturated heterocycles. The molecular formula is C14H15FN2OS. The molecule has 2 rings (SSSR count). The van der Waals surface area contributed by atoms with Gasteiger partial charge in [-0.3, -0.25) is 9.48 Å². The second-order valence-electron chi connectivity index (χ2n) is 4.42. The van der Waals surface area contributed by atoms with E-state index in [9.17, 15) is 9.18 Å². The summed E-state index contributed by atoms with van der Waals surface area (Å²) >= 11 is 1.33. The van der Waals surface area contributed by atoms with Crippen molar-refractivity contribution in [3.63, 3.8) is 0 Å². The molecule has 3 nitrogen and oxygen atoms in total. The van der Waals surface area contributed by atoms with E-state index < -0.39 is 0 Å². The van der Waals surface area contributed by atoms with E-state index in [0.717, 1.165) is 4.90 Å². The molecule has 0 unspecified atom stereocenters. The maximum atomic E-state index is 13.0. The third-order valence-electron chi connectivity index (χ3n) is 2.61. The Bertz CT molecular complexity index is 580. The average Bonchev–Trinajstić information content (AvgIpc) is 2.85. The van der Waals surface area contributed by atoms with Crippen LogP contribution in [0.3, 0.4) is 0 Å². The Balaban J connectivity index is 2.03. The van der Waals surface area contributed by atoms with Crippen LogP contribution in [0.15, 0.2) is 41.4 Å². The number of aromatic nitrogens is 2. The quantitative estimate of drug-likeness (QED) is 0.619. The van der Waals surface area contributed by atoms with Crippen LogP contribution in [0.1, 0.15) is 30.4 Å². The van der Waals surface area contributed by atoms with E-state index >= 15 is 0 Å². The molecule has 19 heavy (non-hydrogen) atoms. The first kappa shape index (κ1) is 13.8. The molecule has 1 aromatic heterocycles. The molecule has 1 heterocycles. The van der Waals surface area contributed by atoms with Gasteiger partial charge < -0.3 is 0 Å². The fourth-order valence-corrected chi connectivity index (χ4v) is 2.54. The van der Waals surface area contributed by atoms with Crippen molar-refractivity contribution in [3.8, 4) is 0 Å². The standard InChI is InChI=1S/C14H15FN2OS/c1-10(2)17-13(6-7-16-17)14(18)9-19-12-5-3-4-11(15)8-12/h3-8,10H,9H2,1-2H3. The number of benzene rings is 1. The molecule has 0 amide bonds. The first-order chi connectivity index (χ1) is 9.08. The minimum Gasteiger partial charge on any atom is -0.292 e. The lowest BCUT2D eigenvalue weighted by molar-refractivity contribution is 0.101. The van der Waals surface area contributed by atoms with Crippen LogP contribution in [0.5, 0.6) is 0 Å². The fourth-order valence-electron chi connectivity index (χ4n) is 1.73. The van der Waals surface area contributed by atoms with Crippen LogP contribution >= 0.6 is 11.8 Å². The number of nitrogens with zero attached hydrogens (tertiary/aromatic N) is 2. The highest BCUT2D eigenvalue weighted by Crippen LogP contribution is 2.20. The molecule has 0 saturated carbocycles. The summed E-state index contributed by atoms with van der Waals surface area (Å²) in [4.78, 5) is 12.9. The number of hydrogen-bond donors (Lipinski definition) is 0. The molecule has 100 valence electrons. The minimum absolute atomic E-state index is 0.000427. The number of ketones is 1. The summed E-state index contributed by atoms with van der Waals surface area (Å²) in [5, 5.41) is 4.13. The lowest BCUT2D eigenvalue weighted by atomic mass is 10.3. The van der Waals surface area contributed by atoms with Crippen molar-refractivity contribution in [1.82, 2.24) is 9.78 Å². The molecule has 0 aliphatic carbocycles. The van der Waals surface area contributed by atoms with Gasteiger partial charge in [0.2, 0.25) is 0 Å². The molecular weight excluding hydrogens is 263 g/mol. The summed E-state index contributed by atoms with van der Waals surface area (Å²) in [6, 6.07) is 8.11. The highest BCUT2D eigenvalue weighted by Gasteiger charge is 2.14. The van der Waals surface area contributed by atoms with Crippen LogP contribution in [0.25, 0.3) is 0 Å². The van der Waals surface area contributed by atoms with E-state index in [4.69, 9.17) is 0 Å². The van der Waals surface area contributed by atoms with Gasteiger partial charge in [-0.25, -0.2) is 4.39 Å². The smallest absolute Gasteiger partial charge is 0.191 e. The van der Waals surface area contributed by atoms with E-state index in [1.165, 1.54) is 23.9 Å². The lowest BCUT2D eigenvalue weighted by Crippen LogP contribution is -2.14. The van der Waals surface area contributed by atoms with Gasteiger partial charge in [-0.1, -0.05) is 6.07 Å². The van der Waals surface area contributed by atoms with Gasteiger partial charge in [-0.15, -0.1) is 11.8 Å². The van der Waals surface area contributed by atoms with Crippen molar-refractivity contribution in [1.29, 1.82) is 0 Å². The van der Waals surface area contributed by atoms with Gasteiger partial charge in [0.25, 0.3) is 0 Å². The summed E-state index contributed by atoms with van der Waals surface area (Å²) < 4.78 is 14.7. The zero-order valence-corrected chi connectivity index (χ0v) is 11.7. The summed E-state index contributed by atoms with van der Waals surface area (Å²) in [5.74, 6) is -0.00728. The van der Waals surface area contributed by atoms with Gasteiger partial charge >= 0.3 is 0 Å². The van der Waals surface area contributed by atoms with Crippen molar-refractivity contribution in [3.05, 3.63) is 48.0 Å². The van der Waals surface area contributed by atoms with Crippen molar-refractivity contribution in [2.45, 2.75) is 24.8 Å². The highest BCUT2D eigenvalue weighted by molar-refractivity contribution is 8.00. The highest BCUT2D eigenvalue weighted by atomic mass is 32.2. The van der Waals surface area contributed by atoms with Crippen molar-refractivity contribution < 1.29 is 9.18 Å². The molecule has 0 aliphatic rings. The molecule has 0 radical (unpaired) electrons. The van der Waals surface area contributed by atoms with E-state index in [2.05, 4.69) is 5.10 Å². The number of carbonyl (C=O) groups is 1. The molecule has 0 bridgehead atoms. The van der Waals surface area contributed by atoms with Gasteiger partial charge in [0.1, 0.15) is 11.5 Å². The molecule has 2 aromatic rings. The van der Waals surface area contributed by atoms with Crippen LogP contribution in [-0.4, -0.2) is 21.3 Å². The molecule has 0 aliphatic heterocycles. The largest absolute Gasteiger partial charge is 0.292 e. The summed E-state index contributed by atoms with van der Waals surface area (Å²) in [6.07, 6.45) is 1.63. The summed E-state index contributed by atoms with van der Waals surface area (Å²) in [5.41, 5.74) is 0.596. The SMILES string of the molecule is CC(C)n1nccc1C(=O)CSc1cccc(F)c1. The van der Waals surface area contributed by atoms with E-state index in [1.54, 1.807) is 29.1 Å². The number of thioether (sulfide) groups is 1. The number of Topliss-reactive ketones (excluding diaryl/α,β-unsaturated/α-hetero) is 1. The normalized spacial score (nSPS) is 10.9. The van der Waals surface area contributed by atoms with Crippen molar-refractivity contribution >= 4 is 17.5 Å². The first-order valence-electron chi connectivity index (χ1n) is 6.03. The first-order valence-corrected chi connectivity index (χ1v) is 7.01. The maximum Gasteiger partial charge on any atom is 0.191 e. The number of carbonyl (C=O) groups excluding carboxylic acids is 1. The Morgan fingerprint density at radius 1 is 1.42 bits per heavy atom. The van der Waals surface area contributed by atoms with Gasteiger partial charge in [0.15, 0.2) is 5.78 Å². The fraction of sp³-hybridized carbons (Fsp3) is 0.286. The topological polar surface area (TPSA) is 34.9 Å². The minimum atomic E-state index is -0.287. The van der Waals surface area contributed by atoms with Gasteiger partial charge in [-0.05, 0) is 38.1 Å². The third-order valence-corrected chi connectivity index (χ3v) is 3.60. The Labute approximate surface area is 115 Å². The van der Waals surface area contributed by atoms with Crippen molar-refractivity contribution in [2.24, 2.45) is 0 Å². The predicted molar refractivity (Wildman–Crippen MR) is 74.1 cm³/mol. The summed E-state index contributed by atoms with van der Waals surface area (Å²) in [7, 11) is 0. The van der Waals surface area contributed by atoms with E-state index in [0.29, 0.717) is 5.69 Å². The van der Waals surface area contributed by atoms with Crippen LogP contribution < -0.4 is 0 Å². The van der Waals surface area contributed by atoms with Crippen LogP contribution in [0.4, 0.5) is 4.39 Å². The zero-order valence-electron chi connectivity index (χ0n) is 10.8. The van der Waals surface area contributed by atoms with Crippen molar-refractivity contribution in [2.75, 3.05) is 5.75 Å². The van der Waals surface area contributed by atoms with Gasteiger partial charge in [-0.2, -0.15) is 5.10 Å². The molecule has 0 fully saturated rings. The number of hydrogen-bond acceptors (Lipinski definition) is 3. The molecule has 0 N–H and O–H groups in total. The molecule has 0 spiro atoms. The van der Waals surface area contributed by atoms with E-state index in [-0.39, 0.29) is 23.4 Å². The second-order valence-corrected chi connectivity index (χ2v) is 5.47. The number of halogens is 1. The zero-order chi connectivity index (χ0) is 13.8. The molecule has 0 atom stereocenters. The van der Waals surface area contributed by atoms with E-state index in [1.807, 2.05) is 13.8 Å². The number of rotatable bonds is 5. The maximum absolute atomic E-state index is 13.0. The van der Waals surface area contributed by atoms with Crippen LogP contribution in [0.2, 0.25) is 0 Å². The van der Waals surface area contributed by atoms with Gasteiger partial charge in [0.05, 0.1) is 5.75 Å². The van der Waals surface area contributed by atoms with Crippen LogP contribution in [-0.2, 0) is 0 Å². The Hall–Kier alpha value is -1.62. The Kier molecular flexibility index (Phi) is 4.37. The molecule has 1 aromatic carbocycles. The van der Waals surface area contributed by atoms with Crippen LogP contribution in [0, 0.1) is 5.82 Å². The second kappa shape index (κ2) is 6.02. The molecule has 5 heteroatoms. The average molecular weight is 278 g/mol. The monoisotopic (exact) mass is 278 g/mol. The summed E-state index contributed by atoms with van der Waals surface area (Å²) in [6.45, 7) is 3.95. The predicted octanol–water partition coefficient (Wildman–Crippen LogP) is 3.58. The lowest BCUT2D eigenvalue weighted by Gasteiger charge is -2.09.